The van der Waals surface area contributed by atoms with Crippen LogP contribution in [0, 0.1) is 11.7 Å². The molecule has 1 aromatic carbocycles. The van der Waals surface area contributed by atoms with Crippen molar-refractivity contribution >= 4 is 23.2 Å². The smallest absolute Gasteiger partial charge is 0.123 e. The summed E-state index contributed by atoms with van der Waals surface area (Å²) in [6.45, 7) is 4.42. The first-order valence-electron chi connectivity index (χ1n) is 6.42. The van der Waals surface area contributed by atoms with Crippen LogP contribution in [0.25, 0.3) is 0 Å². The lowest BCUT2D eigenvalue weighted by molar-refractivity contribution is 0.431. The molecule has 1 aromatic rings. The lowest BCUT2D eigenvalue weighted by atomic mass is 9.79. The Morgan fingerprint density at radius 1 is 1.11 bits per heavy atom. The average Bonchev–Trinajstić information content (AvgIpc) is 2.36. The number of halogens is 3. The summed E-state index contributed by atoms with van der Waals surface area (Å²) in [5.74, 6) is 1.40. The van der Waals surface area contributed by atoms with Crippen LogP contribution in [0.4, 0.5) is 4.39 Å². The summed E-state index contributed by atoms with van der Waals surface area (Å²) < 4.78 is 13.0. The maximum Gasteiger partial charge on any atom is 0.123 e. The van der Waals surface area contributed by atoms with Crippen molar-refractivity contribution in [3.05, 3.63) is 35.6 Å². The number of benzene rings is 1. The Labute approximate surface area is 119 Å². The second-order valence-electron chi connectivity index (χ2n) is 5.34. The summed E-state index contributed by atoms with van der Waals surface area (Å²) in [6.07, 6.45) is 3.20. The highest BCUT2D eigenvalue weighted by Crippen LogP contribution is 2.33. The Morgan fingerprint density at radius 2 is 1.67 bits per heavy atom. The molecule has 0 aliphatic heterocycles. The summed E-state index contributed by atoms with van der Waals surface area (Å²) >= 11 is 12.3. The summed E-state index contributed by atoms with van der Waals surface area (Å²) in [4.78, 5) is 0. The standard InChI is InChI=1S/C15H21Cl2F/c1-12(2)4-3-9-15(10-16,11-17)13-5-7-14(18)8-6-13/h5-8,12H,3-4,9-11H2,1-2H3. The Balaban J connectivity index is 2.81. The zero-order valence-electron chi connectivity index (χ0n) is 11.1. The maximum atomic E-state index is 13.0. The fraction of sp³-hybridized carbons (Fsp3) is 0.600. The van der Waals surface area contributed by atoms with Crippen molar-refractivity contribution in [2.75, 3.05) is 11.8 Å². The van der Waals surface area contributed by atoms with Crippen LogP contribution >= 0.6 is 23.2 Å². The lowest BCUT2D eigenvalue weighted by Crippen LogP contribution is -2.30. The van der Waals surface area contributed by atoms with Crippen molar-refractivity contribution < 1.29 is 4.39 Å². The van der Waals surface area contributed by atoms with Crippen LogP contribution in [0.15, 0.2) is 24.3 Å². The van der Waals surface area contributed by atoms with E-state index in [1.54, 1.807) is 12.1 Å². The van der Waals surface area contributed by atoms with Crippen molar-refractivity contribution in [2.24, 2.45) is 5.92 Å². The Morgan fingerprint density at radius 3 is 2.11 bits per heavy atom. The normalized spacial score (nSPS) is 12.1. The molecule has 18 heavy (non-hydrogen) atoms. The minimum Gasteiger partial charge on any atom is -0.207 e. The van der Waals surface area contributed by atoms with Crippen LogP contribution < -0.4 is 0 Å². The van der Waals surface area contributed by atoms with Gasteiger partial charge in [-0.2, -0.15) is 0 Å². The van der Waals surface area contributed by atoms with Gasteiger partial charge in [0.25, 0.3) is 0 Å². The van der Waals surface area contributed by atoms with Crippen molar-refractivity contribution in [1.29, 1.82) is 0 Å². The minimum absolute atomic E-state index is 0.223. The second kappa shape index (κ2) is 7.35. The van der Waals surface area contributed by atoms with Crippen LogP contribution in [0.1, 0.15) is 38.7 Å². The fourth-order valence-corrected chi connectivity index (χ4v) is 2.98. The zero-order valence-corrected chi connectivity index (χ0v) is 12.6. The van der Waals surface area contributed by atoms with Gasteiger partial charge in [0.1, 0.15) is 5.82 Å². The van der Waals surface area contributed by atoms with E-state index in [-0.39, 0.29) is 11.2 Å². The van der Waals surface area contributed by atoms with E-state index in [0.717, 1.165) is 24.8 Å². The number of hydrogen-bond acceptors (Lipinski definition) is 0. The molecule has 0 nitrogen and oxygen atoms in total. The molecular formula is C15H21Cl2F. The summed E-state index contributed by atoms with van der Waals surface area (Å²) in [5, 5.41) is 0. The molecule has 0 aliphatic rings. The highest BCUT2D eigenvalue weighted by Gasteiger charge is 2.30. The molecule has 0 saturated heterocycles. The van der Waals surface area contributed by atoms with Crippen molar-refractivity contribution in [3.8, 4) is 0 Å². The number of hydrogen-bond donors (Lipinski definition) is 0. The number of alkyl halides is 2. The van der Waals surface area contributed by atoms with E-state index in [9.17, 15) is 4.39 Å². The molecule has 1 rings (SSSR count). The van der Waals surface area contributed by atoms with Gasteiger partial charge in [-0.15, -0.1) is 23.2 Å². The van der Waals surface area contributed by atoms with Crippen molar-refractivity contribution in [2.45, 2.75) is 38.5 Å². The van der Waals surface area contributed by atoms with E-state index >= 15 is 0 Å². The monoisotopic (exact) mass is 290 g/mol. The van der Waals surface area contributed by atoms with E-state index < -0.39 is 0 Å². The van der Waals surface area contributed by atoms with Gasteiger partial charge in [-0.3, -0.25) is 0 Å². The van der Waals surface area contributed by atoms with Crippen LogP contribution in [-0.2, 0) is 5.41 Å². The summed E-state index contributed by atoms with van der Waals surface area (Å²) in [5.41, 5.74) is 0.809. The van der Waals surface area contributed by atoms with E-state index in [0.29, 0.717) is 17.7 Å². The molecule has 0 N–H and O–H groups in total. The molecule has 0 heterocycles. The molecule has 0 aliphatic carbocycles. The second-order valence-corrected chi connectivity index (χ2v) is 5.88. The van der Waals surface area contributed by atoms with Gasteiger partial charge in [-0.05, 0) is 30.0 Å². The summed E-state index contributed by atoms with van der Waals surface area (Å²) in [6, 6.07) is 6.56. The largest absolute Gasteiger partial charge is 0.207 e. The highest BCUT2D eigenvalue weighted by molar-refractivity contribution is 6.22. The van der Waals surface area contributed by atoms with Crippen LogP contribution in [0.3, 0.4) is 0 Å². The van der Waals surface area contributed by atoms with E-state index in [2.05, 4.69) is 13.8 Å². The van der Waals surface area contributed by atoms with Gasteiger partial charge in [0.05, 0.1) is 0 Å². The van der Waals surface area contributed by atoms with Crippen LogP contribution in [0.2, 0.25) is 0 Å². The Bertz CT molecular complexity index is 342. The Kier molecular flexibility index (Phi) is 6.45. The van der Waals surface area contributed by atoms with Gasteiger partial charge in [0.2, 0.25) is 0 Å². The van der Waals surface area contributed by atoms with E-state index in [1.807, 2.05) is 0 Å². The van der Waals surface area contributed by atoms with Gasteiger partial charge in [0, 0.05) is 17.2 Å². The molecule has 0 atom stereocenters. The van der Waals surface area contributed by atoms with E-state index in [1.165, 1.54) is 12.1 Å². The molecule has 0 saturated carbocycles. The molecule has 0 radical (unpaired) electrons. The average molecular weight is 291 g/mol. The molecule has 3 heteroatoms. The third kappa shape index (κ3) is 4.13. The van der Waals surface area contributed by atoms with Gasteiger partial charge >= 0.3 is 0 Å². The van der Waals surface area contributed by atoms with Crippen LogP contribution in [-0.4, -0.2) is 11.8 Å². The molecule has 0 unspecified atom stereocenters. The van der Waals surface area contributed by atoms with Crippen LogP contribution in [0.5, 0.6) is 0 Å². The van der Waals surface area contributed by atoms with Gasteiger partial charge in [-0.1, -0.05) is 38.8 Å². The lowest BCUT2D eigenvalue weighted by Gasteiger charge is -2.30. The van der Waals surface area contributed by atoms with Gasteiger partial charge in [0.15, 0.2) is 0 Å². The maximum absolute atomic E-state index is 13.0. The molecule has 0 amide bonds. The van der Waals surface area contributed by atoms with Crippen molar-refractivity contribution in [3.63, 3.8) is 0 Å². The molecule has 0 spiro atoms. The van der Waals surface area contributed by atoms with Crippen molar-refractivity contribution in [1.82, 2.24) is 0 Å². The first-order chi connectivity index (χ1) is 8.54. The molecular weight excluding hydrogens is 270 g/mol. The highest BCUT2D eigenvalue weighted by atomic mass is 35.5. The predicted molar refractivity (Wildman–Crippen MR) is 78.2 cm³/mol. The van der Waals surface area contributed by atoms with E-state index in [4.69, 9.17) is 23.2 Å². The van der Waals surface area contributed by atoms with Gasteiger partial charge in [-0.25, -0.2) is 4.39 Å². The third-order valence-electron chi connectivity index (χ3n) is 3.40. The fourth-order valence-electron chi connectivity index (χ4n) is 2.12. The first kappa shape index (κ1) is 15.8. The summed E-state index contributed by atoms with van der Waals surface area (Å²) in [7, 11) is 0. The SMILES string of the molecule is CC(C)CCCC(CCl)(CCl)c1ccc(F)cc1. The first-order valence-corrected chi connectivity index (χ1v) is 7.49. The minimum atomic E-state index is -0.230. The molecule has 0 bridgehead atoms. The zero-order chi connectivity index (χ0) is 13.6. The predicted octanol–water partition coefficient (Wildman–Crippen LogP) is 5.37. The quantitative estimate of drug-likeness (QED) is 0.593. The molecule has 102 valence electrons. The molecule has 0 fully saturated rings. The number of rotatable bonds is 7. The molecule has 0 aromatic heterocycles. The third-order valence-corrected chi connectivity index (χ3v) is 4.43. The Hall–Kier alpha value is -0.270. The topological polar surface area (TPSA) is 0 Å². The van der Waals surface area contributed by atoms with Gasteiger partial charge < -0.3 is 0 Å².